The van der Waals surface area contributed by atoms with Gasteiger partial charge in [0.2, 0.25) is 11.9 Å². The van der Waals surface area contributed by atoms with Gasteiger partial charge in [0.15, 0.2) is 0 Å². The van der Waals surface area contributed by atoms with Crippen LogP contribution < -0.4 is 15.4 Å². The Morgan fingerprint density at radius 1 is 1.16 bits per heavy atom. The van der Waals surface area contributed by atoms with Crippen molar-refractivity contribution in [1.29, 1.82) is 0 Å². The summed E-state index contributed by atoms with van der Waals surface area (Å²) in [5.41, 5.74) is 5.67. The van der Waals surface area contributed by atoms with Crippen LogP contribution in [0.1, 0.15) is 12.8 Å². The zero-order chi connectivity index (χ0) is 13.2. The van der Waals surface area contributed by atoms with Crippen LogP contribution in [-0.4, -0.2) is 42.8 Å². The number of hydrogen-bond acceptors (Lipinski definition) is 8. The van der Waals surface area contributed by atoms with Crippen molar-refractivity contribution in [1.82, 2.24) is 29.7 Å². The SMILES string of the molecule is Cn1cnc(Oc2nc(N)nc(N3CCCC3)n2)n1. The molecule has 2 N–H and O–H groups in total. The number of nitrogen functional groups attached to an aromatic ring is 1. The van der Waals surface area contributed by atoms with E-state index in [-0.39, 0.29) is 18.0 Å². The molecule has 1 fully saturated rings. The number of aromatic nitrogens is 6. The smallest absolute Gasteiger partial charge is 0.343 e. The molecule has 0 atom stereocenters. The number of hydrogen-bond donors (Lipinski definition) is 1. The van der Waals surface area contributed by atoms with E-state index in [9.17, 15) is 0 Å². The molecule has 0 spiro atoms. The number of ether oxygens (including phenoxy) is 1. The van der Waals surface area contributed by atoms with E-state index in [4.69, 9.17) is 10.5 Å². The van der Waals surface area contributed by atoms with Crippen molar-refractivity contribution in [2.45, 2.75) is 12.8 Å². The third-order valence-electron chi connectivity index (χ3n) is 2.77. The lowest BCUT2D eigenvalue weighted by molar-refractivity contribution is 0.404. The van der Waals surface area contributed by atoms with Crippen LogP contribution in [0.4, 0.5) is 11.9 Å². The summed E-state index contributed by atoms with van der Waals surface area (Å²) in [7, 11) is 1.75. The predicted molar refractivity (Wildman–Crippen MR) is 66.8 cm³/mol. The molecule has 9 nitrogen and oxygen atoms in total. The van der Waals surface area contributed by atoms with Crippen LogP contribution in [0.3, 0.4) is 0 Å². The zero-order valence-corrected chi connectivity index (χ0v) is 10.5. The molecular formula is C10H14N8O. The van der Waals surface area contributed by atoms with Gasteiger partial charge in [-0.05, 0) is 12.8 Å². The lowest BCUT2D eigenvalue weighted by atomic mass is 10.4. The molecule has 1 aliphatic heterocycles. The summed E-state index contributed by atoms with van der Waals surface area (Å²) in [6, 6.07) is 0.293. The van der Waals surface area contributed by atoms with Crippen LogP contribution in [0.25, 0.3) is 0 Å². The molecule has 2 aromatic heterocycles. The standard InChI is InChI=1S/C10H14N8O/c1-17-6-12-9(16-17)19-10-14-7(11)13-8(15-10)18-4-2-3-5-18/h6H,2-5H2,1H3,(H2,11,13,14,15). The molecule has 0 bridgehead atoms. The fraction of sp³-hybridized carbons (Fsp3) is 0.500. The molecule has 0 aliphatic carbocycles. The Morgan fingerprint density at radius 3 is 2.63 bits per heavy atom. The molecule has 3 rings (SSSR count). The van der Waals surface area contributed by atoms with Crippen molar-refractivity contribution in [2.75, 3.05) is 23.7 Å². The van der Waals surface area contributed by atoms with E-state index in [0.717, 1.165) is 25.9 Å². The van der Waals surface area contributed by atoms with Gasteiger partial charge in [0.1, 0.15) is 6.33 Å². The minimum absolute atomic E-state index is 0.112. The Labute approximate surface area is 109 Å². The minimum Gasteiger partial charge on any atom is -0.387 e. The van der Waals surface area contributed by atoms with Gasteiger partial charge in [-0.2, -0.15) is 19.9 Å². The second kappa shape index (κ2) is 4.67. The van der Waals surface area contributed by atoms with Gasteiger partial charge in [-0.1, -0.05) is 0 Å². The minimum atomic E-state index is 0.112. The van der Waals surface area contributed by atoms with Crippen molar-refractivity contribution >= 4 is 11.9 Å². The molecule has 100 valence electrons. The third kappa shape index (κ3) is 2.54. The van der Waals surface area contributed by atoms with Crippen molar-refractivity contribution in [3.63, 3.8) is 0 Å². The van der Waals surface area contributed by atoms with Gasteiger partial charge < -0.3 is 15.4 Å². The van der Waals surface area contributed by atoms with Crippen molar-refractivity contribution in [2.24, 2.45) is 7.05 Å². The van der Waals surface area contributed by atoms with E-state index in [2.05, 4.69) is 29.9 Å². The highest BCUT2D eigenvalue weighted by Gasteiger charge is 2.17. The van der Waals surface area contributed by atoms with Gasteiger partial charge in [0.05, 0.1) is 0 Å². The molecule has 19 heavy (non-hydrogen) atoms. The quantitative estimate of drug-likeness (QED) is 0.821. The maximum atomic E-state index is 5.67. The normalized spacial score (nSPS) is 14.9. The molecule has 9 heteroatoms. The predicted octanol–water partition coefficient (Wildman–Crippen LogP) is -0.0252. The summed E-state index contributed by atoms with van der Waals surface area (Å²) < 4.78 is 6.90. The fourth-order valence-corrected chi connectivity index (χ4v) is 1.91. The highest BCUT2D eigenvalue weighted by atomic mass is 16.5. The fourth-order valence-electron chi connectivity index (χ4n) is 1.91. The molecule has 1 saturated heterocycles. The van der Waals surface area contributed by atoms with Gasteiger partial charge in [0.25, 0.3) is 0 Å². The first-order chi connectivity index (χ1) is 9.20. The molecule has 0 saturated carbocycles. The van der Waals surface area contributed by atoms with E-state index < -0.39 is 0 Å². The maximum absolute atomic E-state index is 5.67. The second-order valence-corrected chi connectivity index (χ2v) is 4.27. The largest absolute Gasteiger partial charge is 0.387 e. The van der Waals surface area contributed by atoms with Crippen molar-refractivity contribution in [3.05, 3.63) is 6.33 Å². The molecule has 1 aliphatic rings. The van der Waals surface area contributed by atoms with E-state index in [1.165, 1.54) is 11.0 Å². The Balaban J connectivity index is 1.84. The summed E-state index contributed by atoms with van der Waals surface area (Å²) in [6.07, 6.45) is 3.79. The van der Waals surface area contributed by atoms with Crippen molar-refractivity contribution < 1.29 is 4.74 Å². The maximum Gasteiger partial charge on any atom is 0.343 e. The summed E-state index contributed by atoms with van der Waals surface area (Å²) in [6.45, 7) is 1.84. The van der Waals surface area contributed by atoms with Crippen LogP contribution in [0.5, 0.6) is 12.0 Å². The van der Waals surface area contributed by atoms with Gasteiger partial charge in [0, 0.05) is 20.1 Å². The zero-order valence-electron chi connectivity index (χ0n) is 10.5. The van der Waals surface area contributed by atoms with Crippen LogP contribution in [0.2, 0.25) is 0 Å². The summed E-state index contributed by atoms with van der Waals surface area (Å²) in [5, 5.41) is 3.99. The van der Waals surface area contributed by atoms with Crippen LogP contribution in [0.15, 0.2) is 6.33 Å². The highest BCUT2D eigenvalue weighted by molar-refractivity contribution is 5.37. The Hall–Kier alpha value is -2.45. The second-order valence-electron chi connectivity index (χ2n) is 4.27. The van der Waals surface area contributed by atoms with Crippen LogP contribution >= 0.6 is 0 Å². The number of rotatable bonds is 3. The number of nitrogens with zero attached hydrogens (tertiary/aromatic N) is 7. The van der Waals surface area contributed by atoms with Gasteiger partial charge >= 0.3 is 12.0 Å². The van der Waals surface area contributed by atoms with E-state index >= 15 is 0 Å². The first kappa shape index (κ1) is 11.6. The lowest BCUT2D eigenvalue weighted by Crippen LogP contribution is -2.21. The van der Waals surface area contributed by atoms with Gasteiger partial charge in [-0.25, -0.2) is 0 Å². The third-order valence-corrected chi connectivity index (χ3v) is 2.77. The van der Waals surface area contributed by atoms with E-state index in [1.54, 1.807) is 7.05 Å². The number of aryl methyl sites for hydroxylation is 1. The number of nitrogens with two attached hydrogens (primary N) is 1. The Bertz CT molecular complexity index is 577. The first-order valence-corrected chi connectivity index (χ1v) is 6.01. The first-order valence-electron chi connectivity index (χ1n) is 6.01. The highest BCUT2D eigenvalue weighted by Crippen LogP contribution is 2.20. The molecule has 0 amide bonds. The Kier molecular flexibility index (Phi) is 2.86. The molecule has 2 aromatic rings. The molecule has 0 aromatic carbocycles. The number of anilines is 2. The van der Waals surface area contributed by atoms with E-state index in [1.807, 2.05) is 0 Å². The van der Waals surface area contributed by atoms with Crippen LogP contribution in [0, 0.1) is 0 Å². The topological polar surface area (TPSA) is 108 Å². The van der Waals surface area contributed by atoms with Crippen molar-refractivity contribution in [3.8, 4) is 12.0 Å². The summed E-state index contributed by atoms with van der Waals surface area (Å²) in [4.78, 5) is 18.3. The van der Waals surface area contributed by atoms with Gasteiger partial charge in [-0.15, -0.1) is 5.10 Å². The average Bonchev–Trinajstić information content (AvgIpc) is 3.00. The van der Waals surface area contributed by atoms with Crippen LogP contribution in [-0.2, 0) is 7.05 Å². The summed E-state index contributed by atoms with van der Waals surface area (Å²) >= 11 is 0. The molecule has 3 heterocycles. The molecule has 0 unspecified atom stereocenters. The average molecular weight is 262 g/mol. The molecule has 0 radical (unpaired) electrons. The van der Waals surface area contributed by atoms with Gasteiger partial charge in [-0.3, -0.25) is 4.68 Å². The Morgan fingerprint density at radius 2 is 1.95 bits per heavy atom. The summed E-state index contributed by atoms with van der Waals surface area (Å²) in [5.74, 6) is 0.666. The monoisotopic (exact) mass is 262 g/mol. The lowest BCUT2D eigenvalue weighted by Gasteiger charge is -2.15. The van der Waals surface area contributed by atoms with E-state index in [0.29, 0.717) is 5.95 Å². The molecular weight excluding hydrogens is 248 g/mol.